The van der Waals surface area contributed by atoms with E-state index in [0.717, 1.165) is 12.5 Å². The zero-order valence-corrected chi connectivity index (χ0v) is 10.9. The molecule has 96 valence electrons. The quantitative estimate of drug-likeness (QED) is 0.531. The van der Waals surface area contributed by atoms with Crippen molar-refractivity contribution in [2.45, 2.75) is 83.2 Å². The summed E-state index contributed by atoms with van der Waals surface area (Å²) in [6.07, 6.45) is 13.3. The zero-order valence-electron chi connectivity index (χ0n) is 10.9. The number of unbranched alkanes of at least 4 members (excludes halogenated alkanes) is 6. The van der Waals surface area contributed by atoms with Gasteiger partial charge in [-0.15, -0.1) is 0 Å². The molecule has 1 aliphatic carbocycles. The van der Waals surface area contributed by atoms with Crippen molar-refractivity contribution in [2.75, 3.05) is 6.61 Å². The third-order valence-corrected chi connectivity index (χ3v) is 3.43. The highest BCUT2D eigenvalue weighted by atomic mass is 16.3. The fraction of sp³-hybridized carbons (Fsp3) is 1.00. The normalized spacial score (nSPS) is 17.6. The molecule has 0 radical (unpaired) electrons. The molecule has 2 N–H and O–H groups in total. The molecule has 0 aromatic heterocycles. The van der Waals surface area contributed by atoms with Gasteiger partial charge in [-0.1, -0.05) is 51.9 Å². The molecule has 16 heavy (non-hydrogen) atoms. The van der Waals surface area contributed by atoms with Crippen LogP contribution in [0.1, 0.15) is 71.1 Å². The molecular weight excluding hydrogens is 198 g/mol. The lowest BCUT2D eigenvalue weighted by molar-refractivity contribution is 0.231. The Kier molecular flexibility index (Phi) is 7.87. The van der Waals surface area contributed by atoms with E-state index in [-0.39, 0.29) is 0 Å². The number of rotatable bonds is 11. The van der Waals surface area contributed by atoms with Crippen LogP contribution in [0.5, 0.6) is 0 Å². The van der Waals surface area contributed by atoms with Crippen LogP contribution in [0.2, 0.25) is 0 Å². The highest BCUT2D eigenvalue weighted by Crippen LogP contribution is 2.20. The second-order valence-corrected chi connectivity index (χ2v) is 5.23. The van der Waals surface area contributed by atoms with Crippen LogP contribution in [0, 0.1) is 0 Å². The summed E-state index contributed by atoms with van der Waals surface area (Å²) in [5, 5.41) is 12.7. The van der Waals surface area contributed by atoms with E-state index in [2.05, 4.69) is 12.2 Å². The van der Waals surface area contributed by atoms with Gasteiger partial charge in [0.15, 0.2) is 0 Å². The molecule has 0 aromatic rings. The number of hydrogen-bond donors (Lipinski definition) is 2. The maximum atomic E-state index is 9.21. The summed E-state index contributed by atoms with van der Waals surface area (Å²) >= 11 is 0. The van der Waals surface area contributed by atoms with E-state index in [1.54, 1.807) is 0 Å². The van der Waals surface area contributed by atoms with E-state index in [4.69, 9.17) is 0 Å². The Morgan fingerprint density at radius 2 is 1.69 bits per heavy atom. The molecular formula is C14H29NO. The largest absolute Gasteiger partial charge is 0.395 e. The second-order valence-electron chi connectivity index (χ2n) is 5.23. The first kappa shape index (κ1) is 14.0. The van der Waals surface area contributed by atoms with Crippen LogP contribution in [0.15, 0.2) is 0 Å². The number of aliphatic hydroxyl groups excluding tert-OH is 1. The molecule has 1 saturated carbocycles. The van der Waals surface area contributed by atoms with Crippen molar-refractivity contribution < 1.29 is 5.11 Å². The second kappa shape index (κ2) is 9.00. The predicted octanol–water partition coefficient (Wildman–Crippen LogP) is 3.24. The molecule has 2 heteroatoms. The number of hydrogen-bond acceptors (Lipinski definition) is 2. The highest BCUT2D eigenvalue weighted by Gasteiger charge is 2.23. The Labute approximate surface area is 101 Å². The number of aliphatic hydroxyl groups is 1. The first-order valence-corrected chi connectivity index (χ1v) is 7.23. The molecule has 0 amide bonds. The summed E-state index contributed by atoms with van der Waals surface area (Å²) < 4.78 is 0. The summed E-state index contributed by atoms with van der Waals surface area (Å²) in [7, 11) is 0. The summed E-state index contributed by atoms with van der Waals surface area (Å²) in [5.41, 5.74) is 0. The van der Waals surface area contributed by atoms with Crippen molar-refractivity contribution in [2.24, 2.45) is 0 Å². The van der Waals surface area contributed by atoms with Crippen LogP contribution in [0.25, 0.3) is 0 Å². The lowest BCUT2D eigenvalue weighted by Gasteiger charge is -2.15. The van der Waals surface area contributed by atoms with Gasteiger partial charge in [-0.3, -0.25) is 0 Å². The van der Waals surface area contributed by atoms with Crippen molar-refractivity contribution in [1.29, 1.82) is 0 Å². The Balaban J connectivity index is 1.84. The molecule has 1 rings (SSSR count). The van der Waals surface area contributed by atoms with Gasteiger partial charge in [-0.25, -0.2) is 0 Å². The minimum Gasteiger partial charge on any atom is -0.395 e. The fourth-order valence-corrected chi connectivity index (χ4v) is 2.16. The van der Waals surface area contributed by atoms with Gasteiger partial charge in [0.25, 0.3) is 0 Å². The monoisotopic (exact) mass is 227 g/mol. The molecule has 0 saturated heterocycles. The van der Waals surface area contributed by atoms with E-state index >= 15 is 0 Å². The van der Waals surface area contributed by atoms with E-state index in [1.807, 2.05) is 0 Å². The van der Waals surface area contributed by atoms with Gasteiger partial charge < -0.3 is 10.4 Å². The van der Waals surface area contributed by atoms with E-state index in [0.29, 0.717) is 12.6 Å². The van der Waals surface area contributed by atoms with Crippen molar-refractivity contribution >= 4 is 0 Å². The van der Waals surface area contributed by atoms with Crippen LogP contribution in [0.3, 0.4) is 0 Å². The van der Waals surface area contributed by atoms with Crippen molar-refractivity contribution in [3.8, 4) is 0 Å². The summed E-state index contributed by atoms with van der Waals surface area (Å²) in [6.45, 7) is 2.57. The lowest BCUT2D eigenvalue weighted by Crippen LogP contribution is -2.34. The van der Waals surface area contributed by atoms with Crippen LogP contribution >= 0.6 is 0 Å². The average molecular weight is 227 g/mol. The smallest absolute Gasteiger partial charge is 0.0584 e. The Bertz CT molecular complexity index is 157. The third-order valence-electron chi connectivity index (χ3n) is 3.43. The first-order valence-electron chi connectivity index (χ1n) is 7.23. The van der Waals surface area contributed by atoms with Crippen molar-refractivity contribution in [3.05, 3.63) is 0 Å². The van der Waals surface area contributed by atoms with Gasteiger partial charge in [0, 0.05) is 12.1 Å². The van der Waals surface area contributed by atoms with E-state index in [9.17, 15) is 5.11 Å². The molecule has 2 nitrogen and oxygen atoms in total. The third kappa shape index (κ3) is 7.24. The van der Waals surface area contributed by atoms with Gasteiger partial charge in [-0.05, 0) is 19.3 Å². The topological polar surface area (TPSA) is 32.3 Å². The van der Waals surface area contributed by atoms with Gasteiger partial charge in [0.1, 0.15) is 0 Å². The molecule has 0 aliphatic heterocycles. The molecule has 0 heterocycles. The minimum absolute atomic E-state index is 0.312. The summed E-state index contributed by atoms with van der Waals surface area (Å²) in [4.78, 5) is 0. The van der Waals surface area contributed by atoms with Crippen LogP contribution in [-0.2, 0) is 0 Å². The molecule has 0 spiro atoms. The Hall–Kier alpha value is -0.0800. The van der Waals surface area contributed by atoms with Gasteiger partial charge in [-0.2, -0.15) is 0 Å². The summed E-state index contributed by atoms with van der Waals surface area (Å²) in [6, 6.07) is 1.09. The van der Waals surface area contributed by atoms with Crippen LogP contribution in [0.4, 0.5) is 0 Å². The molecule has 0 bridgehead atoms. The summed E-state index contributed by atoms with van der Waals surface area (Å²) in [5.74, 6) is 0. The van der Waals surface area contributed by atoms with Gasteiger partial charge in [0.05, 0.1) is 6.61 Å². The van der Waals surface area contributed by atoms with Gasteiger partial charge >= 0.3 is 0 Å². The lowest BCUT2D eigenvalue weighted by atomic mass is 10.1. The Morgan fingerprint density at radius 1 is 1.06 bits per heavy atom. The predicted molar refractivity (Wildman–Crippen MR) is 69.6 cm³/mol. The standard InChI is InChI=1S/C14H29NO/c1-2-3-4-5-6-7-8-9-14(12-16)15-13-10-11-13/h13-16H,2-12H2,1H3. The van der Waals surface area contributed by atoms with Crippen molar-refractivity contribution in [1.82, 2.24) is 5.32 Å². The average Bonchev–Trinajstić information content (AvgIpc) is 3.10. The first-order chi connectivity index (χ1) is 7.86. The number of nitrogens with one attached hydrogen (secondary N) is 1. The van der Waals surface area contributed by atoms with Crippen LogP contribution in [-0.4, -0.2) is 23.8 Å². The van der Waals surface area contributed by atoms with E-state index < -0.39 is 0 Å². The SMILES string of the molecule is CCCCCCCCCC(CO)NC1CC1. The molecule has 1 aliphatic rings. The van der Waals surface area contributed by atoms with Crippen LogP contribution < -0.4 is 5.32 Å². The molecule has 1 atom stereocenters. The molecule has 1 fully saturated rings. The highest BCUT2D eigenvalue weighted by molar-refractivity contribution is 4.84. The zero-order chi connectivity index (χ0) is 11.6. The maximum absolute atomic E-state index is 9.21. The maximum Gasteiger partial charge on any atom is 0.0584 e. The molecule has 0 aromatic carbocycles. The van der Waals surface area contributed by atoms with E-state index in [1.165, 1.54) is 57.8 Å². The minimum atomic E-state index is 0.312. The van der Waals surface area contributed by atoms with Crippen molar-refractivity contribution in [3.63, 3.8) is 0 Å². The fourth-order valence-electron chi connectivity index (χ4n) is 2.16. The Morgan fingerprint density at radius 3 is 2.25 bits per heavy atom. The van der Waals surface area contributed by atoms with Gasteiger partial charge in [0.2, 0.25) is 0 Å². The molecule has 1 unspecified atom stereocenters.